The molecule has 122 valence electrons. The molecule has 0 aliphatic rings. The van der Waals surface area contributed by atoms with Gasteiger partial charge in [0, 0.05) is 0 Å². The molecule has 2 rings (SSSR count). The van der Waals surface area contributed by atoms with Crippen molar-refractivity contribution in [2.24, 2.45) is 0 Å². The molecule has 0 aliphatic carbocycles. The van der Waals surface area contributed by atoms with E-state index in [0.29, 0.717) is 13.2 Å². The zero-order valence-electron chi connectivity index (χ0n) is 13.5. The summed E-state index contributed by atoms with van der Waals surface area (Å²) in [6.45, 7) is 5.29. The molecular weight excluding hydrogens is 371 g/mol. The first-order valence-corrected chi connectivity index (χ1v) is 10.3. The van der Waals surface area contributed by atoms with E-state index in [9.17, 15) is 0 Å². The number of hydrogen-bond donors (Lipinski definition) is 0. The van der Waals surface area contributed by atoms with E-state index in [-0.39, 0.29) is 21.2 Å². The number of benzene rings is 2. The predicted molar refractivity (Wildman–Crippen MR) is 99.3 cm³/mol. The van der Waals surface area contributed by atoms with Gasteiger partial charge in [-0.1, -0.05) is 0 Å². The molecule has 2 aromatic carbocycles. The molecule has 4 heteroatoms. The van der Waals surface area contributed by atoms with Crippen molar-refractivity contribution in [3.8, 4) is 0 Å². The Bertz CT molecular complexity index is 581. The van der Waals surface area contributed by atoms with Crippen LogP contribution in [0, 0.1) is 0 Å². The maximum atomic E-state index is 5.82. The fourth-order valence-corrected chi connectivity index (χ4v) is 4.90. The second-order valence-electron chi connectivity index (χ2n) is 4.61. The third-order valence-electron chi connectivity index (χ3n) is 2.90. The molecule has 0 saturated carbocycles. The minimum absolute atomic E-state index is 0.179. The van der Waals surface area contributed by atoms with Gasteiger partial charge in [-0.15, -0.1) is 0 Å². The topological polar surface area (TPSA) is 18.5 Å². The molecule has 2 aromatic rings. The molecule has 0 aromatic heterocycles. The van der Waals surface area contributed by atoms with Gasteiger partial charge in [-0.3, -0.25) is 0 Å². The summed E-state index contributed by atoms with van der Waals surface area (Å²) in [6, 6.07) is 20.9. The fraction of sp³-hybridized carbons (Fsp3) is 0.263. The van der Waals surface area contributed by atoms with Gasteiger partial charge in [0.2, 0.25) is 0 Å². The predicted octanol–water partition coefficient (Wildman–Crippen LogP) is 4.05. The zero-order valence-corrected chi connectivity index (χ0v) is 16.0. The van der Waals surface area contributed by atoms with Gasteiger partial charge in [0.25, 0.3) is 0 Å². The van der Waals surface area contributed by atoms with E-state index in [1.165, 1.54) is 13.8 Å². The summed E-state index contributed by atoms with van der Waals surface area (Å²) in [7, 11) is 0. The molecule has 0 atom stereocenters. The number of ether oxygens (including phenoxy) is 2. The average Bonchev–Trinajstić information content (AvgIpc) is 2.60. The summed E-state index contributed by atoms with van der Waals surface area (Å²) >= 11 is 1.90. The Balaban J connectivity index is 2.18. The monoisotopic (exact) mass is 394 g/mol. The fourth-order valence-electron chi connectivity index (χ4n) is 1.89. The van der Waals surface area contributed by atoms with Crippen molar-refractivity contribution in [2.45, 2.75) is 25.0 Å². The summed E-state index contributed by atoms with van der Waals surface area (Å²) in [5.41, 5.74) is 0. The van der Waals surface area contributed by atoms with Crippen LogP contribution in [-0.2, 0) is 9.47 Å². The molecule has 23 heavy (non-hydrogen) atoms. The Hall–Kier alpha value is -1.03. The van der Waals surface area contributed by atoms with Crippen LogP contribution in [0.3, 0.4) is 0 Å². The van der Waals surface area contributed by atoms with Crippen LogP contribution < -0.4 is 4.46 Å². The Morgan fingerprint density at radius 1 is 0.957 bits per heavy atom. The quantitative estimate of drug-likeness (QED) is 0.364. The van der Waals surface area contributed by atoms with Gasteiger partial charge in [-0.05, 0) is 0 Å². The van der Waals surface area contributed by atoms with E-state index < -0.39 is 0 Å². The summed E-state index contributed by atoms with van der Waals surface area (Å²) in [5.74, 6) is 0. The average molecular weight is 393 g/mol. The van der Waals surface area contributed by atoms with Gasteiger partial charge in [0.05, 0.1) is 0 Å². The van der Waals surface area contributed by atoms with E-state index in [2.05, 4.69) is 53.9 Å². The van der Waals surface area contributed by atoms with Gasteiger partial charge in [-0.25, -0.2) is 0 Å². The standard InChI is InChI=1S/C19H22O2SSe/c1-3-20-19(21-4-2)18(23-17-13-9-6-10-14-17)15-22-16-11-7-5-8-12-16/h5-15,19H,3-4H2,1-2H3/b18-15-. The number of rotatable bonds is 9. The molecule has 0 amide bonds. The molecule has 0 fully saturated rings. The van der Waals surface area contributed by atoms with Crippen LogP contribution in [0.5, 0.6) is 0 Å². The van der Waals surface area contributed by atoms with Crippen LogP contribution in [0.4, 0.5) is 0 Å². The molecule has 0 heterocycles. The van der Waals surface area contributed by atoms with Crippen molar-refractivity contribution in [2.75, 3.05) is 13.2 Å². The third kappa shape index (κ3) is 6.54. The molecule has 0 aliphatic heterocycles. The number of hydrogen-bond acceptors (Lipinski definition) is 3. The summed E-state index contributed by atoms with van der Waals surface area (Å²) < 4.78 is 14.2. The zero-order chi connectivity index (χ0) is 16.3. The first-order chi connectivity index (χ1) is 11.3. The van der Waals surface area contributed by atoms with Crippen LogP contribution in [-0.4, -0.2) is 34.5 Å². The van der Waals surface area contributed by atoms with Gasteiger partial charge in [0.15, 0.2) is 0 Å². The van der Waals surface area contributed by atoms with Crippen LogP contribution in [0.15, 0.2) is 75.4 Å². The van der Waals surface area contributed by atoms with Gasteiger partial charge < -0.3 is 0 Å². The summed E-state index contributed by atoms with van der Waals surface area (Å²) in [5, 5.41) is 2.19. The molecule has 2 nitrogen and oxygen atoms in total. The molecule has 0 bridgehead atoms. The SMILES string of the molecule is CCOC(OCC)/C(=C/Sc1ccccc1)[Se]c1ccccc1. The molecule has 0 N–H and O–H groups in total. The molecule has 0 spiro atoms. The Morgan fingerprint density at radius 3 is 2.09 bits per heavy atom. The van der Waals surface area contributed by atoms with Crippen molar-refractivity contribution >= 4 is 31.2 Å². The van der Waals surface area contributed by atoms with Crippen molar-refractivity contribution in [3.63, 3.8) is 0 Å². The van der Waals surface area contributed by atoms with E-state index in [0.717, 1.165) is 0 Å². The Kier molecular flexibility index (Phi) is 8.51. The van der Waals surface area contributed by atoms with Crippen molar-refractivity contribution in [1.29, 1.82) is 0 Å². The molecule has 0 radical (unpaired) electrons. The first kappa shape index (κ1) is 18.3. The van der Waals surface area contributed by atoms with Gasteiger partial charge in [0.1, 0.15) is 0 Å². The van der Waals surface area contributed by atoms with Crippen molar-refractivity contribution < 1.29 is 9.47 Å². The van der Waals surface area contributed by atoms with E-state index in [4.69, 9.17) is 9.47 Å². The molecule has 0 saturated heterocycles. The summed E-state index contributed by atoms with van der Waals surface area (Å²) in [4.78, 5) is 1.22. The van der Waals surface area contributed by atoms with Crippen LogP contribution in [0.25, 0.3) is 0 Å². The maximum absolute atomic E-state index is 5.82. The van der Waals surface area contributed by atoms with Crippen molar-refractivity contribution in [3.05, 3.63) is 70.5 Å². The first-order valence-electron chi connectivity index (χ1n) is 7.71. The molecule has 0 unspecified atom stereocenters. The van der Waals surface area contributed by atoms with Gasteiger partial charge in [-0.2, -0.15) is 0 Å². The summed E-state index contributed by atoms with van der Waals surface area (Å²) in [6.07, 6.45) is -0.263. The Morgan fingerprint density at radius 2 is 1.52 bits per heavy atom. The minimum atomic E-state index is -0.263. The van der Waals surface area contributed by atoms with E-state index in [1.54, 1.807) is 11.8 Å². The van der Waals surface area contributed by atoms with E-state index in [1.807, 2.05) is 26.0 Å². The van der Waals surface area contributed by atoms with Crippen LogP contribution in [0.1, 0.15) is 13.8 Å². The Labute approximate surface area is 149 Å². The van der Waals surface area contributed by atoms with E-state index >= 15 is 0 Å². The molecular formula is C19H22O2SSe. The third-order valence-corrected chi connectivity index (χ3v) is 6.37. The van der Waals surface area contributed by atoms with Crippen LogP contribution >= 0.6 is 11.8 Å². The second-order valence-corrected chi connectivity index (χ2v) is 7.96. The number of thioether (sulfide) groups is 1. The second kappa shape index (κ2) is 10.7. The van der Waals surface area contributed by atoms with Crippen LogP contribution in [0.2, 0.25) is 0 Å². The van der Waals surface area contributed by atoms with Gasteiger partial charge >= 0.3 is 149 Å². The van der Waals surface area contributed by atoms with Crippen molar-refractivity contribution in [1.82, 2.24) is 0 Å². The normalized spacial score (nSPS) is 11.9.